The molecule has 1 aromatic carbocycles. The van der Waals surface area contributed by atoms with Gasteiger partial charge in [-0.1, -0.05) is 12.1 Å². The van der Waals surface area contributed by atoms with Crippen LogP contribution in [0.5, 0.6) is 5.75 Å². The zero-order valence-corrected chi connectivity index (χ0v) is 10.4. The lowest BCUT2D eigenvalue weighted by Crippen LogP contribution is -2.23. The Labute approximate surface area is 102 Å². The Hall–Kier alpha value is -1.07. The number of aromatic hydroxyl groups is 1. The van der Waals surface area contributed by atoms with Gasteiger partial charge in [0.05, 0.1) is 11.5 Å². The summed E-state index contributed by atoms with van der Waals surface area (Å²) in [7, 11) is -2.77. The SMILES string of the molecule is O=S1(=O)CCC(CNCc2ccc(O)cc2)C1. The molecule has 1 aromatic rings. The van der Waals surface area contributed by atoms with Crippen LogP contribution in [-0.2, 0) is 16.4 Å². The summed E-state index contributed by atoms with van der Waals surface area (Å²) in [5.41, 5.74) is 1.09. The molecule has 1 atom stereocenters. The maximum atomic E-state index is 11.3. The molecule has 1 fully saturated rings. The normalized spacial score (nSPS) is 22.7. The highest BCUT2D eigenvalue weighted by molar-refractivity contribution is 7.91. The van der Waals surface area contributed by atoms with E-state index < -0.39 is 9.84 Å². The van der Waals surface area contributed by atoms with E-state index in [0.717, 1.165) is 18.5 Å². The molecule has 2 N–H and O–H groups in total. The lowest BCUT2D eigenvalue weighted by atomic mass is 10.1. The van der Waals surface area contributed by atoms with E-state index in [9.17, 15) is 8.42 Å². The zero-order chi connectivity index (χ0) is 12.3. The lowest BCUT2D eigenvalue weighted by Gasteiger charge is -2.09. The van der Waals surface area contributed by atoms with Crippen LogP contribution in [0.4, 0.5) is 0 Å². The van der Waals surface area contributed by atoms with Crippen molar-refractivity contribution >= 4 is 9.84 Å². The Kier molecular flexibility index (Phi) is 3.69. The predicted octanol–water partition coefficient (Wildman–Crippen LogP) is 0.916. The average Bonchev–Trinajstić information content (AvgIpc) is 2.61. The Morgan fingerprint density at radius 2 is 2.00 bits per heavy atom. The third kappa shape index (κ3) is 3.71. The highest BCUT2D eigenvalue weighted by Crippen LogP contribution is 2.17. The first-order chi connectivity index (χ1) is 8.05. The van der Waals surface area contributed by atoms with Gasteiger partial charge in [-0.05, 0) is 36.6 Å². The monoisotopic (exact) mass is 255 g/mol. The van der Waals surface area contributed by atoms with E-state index in [1.54, 1.807) is 12.1 Å². The van der Waals surface area contributed by atoms with Gasteiger partial charge >= 0.3 is 0 Å². The molecule has 4 nitrogen and oxygen atoms in total. The molecule has 1 unspecified atom stereocenters. The molecule has 2 rings (SSSR count). The first-order valence-electron chi connectivity index (χ1n) is 5.74. The number of rotatable bonds is 4. The van der Waals surface area contributed by atoms with Crippen LogP contribution in [0.1, 0.15) is 12.0 Å². The van der Waals surface area contributed by atoms with E-state index in [1.165, 1.54) is 0 Å². The van der Waals surface area contributed by atoms with Crippen molar-refractivity contribution in [2.24, 2.45) is 5.92 Å². The second-order valence-corrected chi connectivity index (χ2v) is 6.80. The summed E-state index contributed by atoms with van der Waals surface area (Å²) in [6.45, 7) is 1.44. The zero-order valence-electron chi connectivity index (χ0n) is 9.59. The molecule has 0 amide bonds. The standard InChI is InChI=1S/C12H17NO3S/c14-12-3-1-10(2-4-12)7-13-8-11-5-6-17(15,16)9-11/h1-4,11,13-14H,5-9H2. The minimum absolute atomic E-state index is 0.247. The number of phenolic OH excluding ortho intramolecular Hbond substituents is 1. The van der Waals surface area contributed by atoms with Crippen LogP contribution >= 0.6 is 0 Å². The maximum absolute atomic E-state index is 11.3. The van der Waals surface area contributed by atoms with Gasteiger partial charge in [0.2, 0.25) is 0 Å². The summed E-state index contributed by atoms with van der Waals surface area (Å²) in [4.78, 5) is 0. The number of nitrogens with one attached hydrogen (secondary N) is 1. The number of hydrogen-bond acceptors (Lipinski definition) is 4. The summed E-state index contributed by atoms with van der Waals surface area (Å²) in [5.74, 6) is 1.15. The minimum atomic E-state index is -2.77. The molecular formula is C12H17NO3S. The molecular weight excluding hydrogens is 238 g/mol. The maximum Gasteiger partial charge on any atom is 0.150 e. The van der Waals surface area contributed by atoms with E-state index in [4.69, 9.17) is 5.11 Å². The van der Waals surface area contributed by atoms with Crippen LogP contribution in [0.25, 0.3) is 0 Å². The second kappa shape index (κ2) is 5.06. The molecule has 0 aliphatic carbocycles. The van der Waals surface area contributed by atoms with E-state index in [-0.39, 0.29) is 11.7 Å². The van der Waals surface area contributed by atoms with Gasteiger partial charge in [0.1, 0.15) is 5.75 Å². The number of sulfone groups is 1. The van der Waals surface area contributed by atoms with Crippen molar-refractivity contribution in [2.75, 3.05) is 18.1 Å². The van der Waals surface area contributed by atoms with Gasteiger partial charge in [-0.15, -0.1) is 0 Å². The van der Waals surface area contributed by atoms with Gasteiger partial charge in [0.15, 0.2) is 9.84 Å². The van der Waals surface area contributed by atoms with Gasteiger partial charge in [-0.2, -0.15) is 0 Å². The van der Waals surface area contributed by atoms with Crippen LogP contribution in [0.2, 0.25) is 0 Å². The van der Waals surface area contributed by atoms with E-state index in [0.29, 0.717) is 18.1 Å². The lowest BCUT2D eigenvalue weighted by molar-refractivity contribution is 0.474. The number of hydrogen-bond donors (Lipinski definition) is 2. The Morgan fingerprint density at radius 1 is 1.29 bits per heavy atom. The Bertz CT molecular complexity index is 467. The molecule has 94 valence electrons. The van der Waals surface area contributed by atoms with Crippen LogP contribution in [0.15, 0.2) is 24.3 Å². The fraction of sp³-hybridized carbons (Fsp3) is 0.500. The first-order valence-corrected chi connectivity index (χ1v) is 7.56. The van der Waals surface area contributed by atoms with E-state index >= 15 is 0 Å². The van der Waals surface area contributed by atoms with Crippen molar-refractivity contribution in [3.05, 3.63) is 29.8 Å². The molecule has 0 saturated carbocycles. The van der Waals surface area contributed by atoms with Crippen molar-refractivity contribution in [1.29, 1.82) is 0 Å². The third-order valence-corrected chi connectivity index (χ3v) is 4.86. The topological polar surface area (TPSA) is 66.4 Å². The van der Waals surface area contributed by atoms with Gasteiger partial charge in [0, 0.05) is 6.54 Å². The molecule has 0 aromatic heterocycles. The van der Waals surface area contributed by atoms with Gasteiger partial charge < -0.3 is 10.4 Å². The largest absolute Gasteiger partial charge is 0.508 e. The fourth-order valence-corrected chi connectivity index (χ4v) is 3.93. The predicted molar refractivity (Wildman–Crippen MR) is 66.6 cm³/mol. The quantitative estimate of drug-likeness (QED) is 0.839. The third-order valence-electron chi connectivity index (χ3n) is 3.03. The first kappa shape index (κ1) is 12.4. The van der Waals surface area contributed by atoms with Gasteiger partial charge in [0.25, 0.3) is 0 Å². The van der Waals surface area contributed by atoms with Crippen molar-refractivity contribution in [3.63, 3.8) is 0 Å². The molecule has 1 heterocycles. The van der Waals surface area contributed by atoms with Crippen LogP contribution in [0, 0.1) is 5.92 Å². The molecule has 17 heavy (non-hydrogen) atoms. The molecule has 1 aliphatic heterocycles. The molecule has 0 spiro atoms. The second-order valence-electron chi connectivity index (χ2n) is 4.57. The highest BCUT2D eigenvalue weighted by atomic mass is 32.2. The number of benzene rings is 1. The molecule has 0 bridgehead atoms. The number of phenols is 1. The fourth-order valence-electron chi connectivity index (χ4n) is 2.07. The molecule has 0 radical (unpaired) electrons. The molecule has 1 aliphatic rings. The Morgan fingerprint density at radius 3 is 2.59 bits per heavy atom. The summed E-state index contributed by atoms with van der Waals surface area (Å²) < 4.78 is 22.5. The van der Waals surface area contributed by atoms with Gasteiger partial charge in [-0.25, -0.2) is 8.42 Å². The van der Waals surface area contributed by atoms with Crippen molar-refractivity contribution in [2.45, 2.75) is 13.0 Å². The summed E-state index contributed by atoms with van der Waals surface area (Å²) in [6, 6.07) is 7.01. The van der Waals surface area contributed by atoms with Crippen LogP contribution < -0.4 is 5.32 Å². The van der Waals surface area contributed by atoms with Crippen LogP contribution in [0.3, 0.4) is 0 Å². The van der Waals surface area contributed by atoms with Crippen molar-refractivity contribution < 1.29 is 13.5 Å². The molecule has 1 saturated heterocycles. The highest BCUT2D eigenvalue weighted by Gasteiger charge is 2.27. The minimum Gasteiger partial charge on any atom is -0.508 e. The summed E-state index contributed by atoms with van der Waals surface area (Å²) in [5, 5.41) is 12.4. The van der Waals surface area contributed by atoms with Crippen LogP contribution in [-0.4, -0.2) is 31.6 Å². The summed E-state index contributed by atoms with van der Waals surface area (Å²) >= 11 is 0. The summed E-state index contributed by atoms with van der Waals surface area (Å²) in [6.07, 6.45) is 0.769. The average molecular weight is 255 g/mol. The van der Waals surface area contributed by atoms with E-state index in [2.05, 4.69) is 5.32 Å². The van der Waals surface area contributed by atoms with Crippen molar-refractivity contribution in [3.8, 4) is 5.75 Å². The van der Waals surface area contributed by atoms with Crippen molar-refractivity contribution in [1.82, 2.24) is 5.32 Å². The van der Waals surface area contributed by atoms with Gasteiger partial charge in [-0.3, -0.25) is 0 Å². The smallest absolute Gasteiger partial charge is 0.150 e. The molecule has 5 heteroatoms. The van der Waals surface area contributed by atoms with E-state index in [1.807, 2.05) is 12.1 Å². The Balaban J connectivity index is 1.75.